The molecule has 2 heteroatoms. The molecule has 1 radical (unpaired) electrons. The van der Waals surface area contributed by atoms with Gasteiger partial charge in [-0.05, 0) is 25.1 Å². The van der Waals surface area contributed by atoms with Crippen LogP contribution in [-0.4, -0.2) is 10.9 Å². The Hall–Kier alpha value is -1.31. The van der Waals surface area contributed by atoms with Gasteiger partial charge in [-0.3, -0.25) is 4.79 Å². The molecule has 0 aromatic heterocycles. The molecule has 0 saturated carbocycles. The van der Waals surface area contributed by atoms with E-state index in [2.05, 4.69) is 6.07 Å². The molecule has 51 valence electrons. The van der Waals surface area contributed by atoms with Gasteiger partial charge in [0.2, 0.25) is 0 Å². The average molecular weight is 135 g/mol. The molecule has 2 nitrogen and oxygen atoms in total. The van der Waals surface area contributed by atoms with Crippen LogP contribution in [0.2, 0.25) is 0 Å². The SMILES string of the molecule is CC(=O)c1c[c]c(O)cc1. The van der Waals surface area contributed by atoms with Crippen molar-refractivity contribution in [2.75, 3.05) is 0 Å². The lowest BCUT2D eigenvalue weighted by atomic mass is 10.1. The maximum atomic E-state index is 10.7. The average Bonchev–Trinajstić information content (AvgIpc) is 1.88. The molecule has 0 unspecified atom stereocenters. The number of rotatable bonds is 1. The summed E-state index contributed by atoms with van der Waals surface area (Å²) < 4.78 is 0. The van der Waals surface area contributed by atoms with Gasteiger partial charge in [0.05, 0.1) is 0 Å². The lowest BCUT2D eigenvalue weighted by molar-refractivity contribution is 0.101. The maximum Gasteiger partial charge on any atom is 0.159 e. The molecule has 0 heterocycles. The third-order valence-corrected chi connectivity index (χ3v) is 1.20. The Balaban J connectivity index is 3.00. The largest absolute Gasteiger partial charge is 0.507 e. The number of ketones is 1. The quantitative estimate of drug-likeness (QED) is 0.591. The predicted octanol–water partition coefficient (Wildman–Crippen LogP) is 1.39. The van der Waals surface area contributed by atoms with E-state index in [-0.39, 0.29) is 11.5 Å². The summed E-state index contributed by atoms with van der Waals surface area (Å²) in [6, 6.07) is 6.99. The summed E-state index contributed by atoms with van der Waals surface area (Å²) in [6.45, 7) is 1.47. The number of hydrogen-bond acceptors (Lipinski definition) is 2. The Morgan fingerprint density at radius 1 is 1.60 bits per heavy atom. The highest BCUT2D eigenvalue weighted by Crippen LogP contribution is 2.08. The van der Waals surface area contributed by atoms with Gasteiger partial charge in [-0.2, -0.15) is 0 Å². The number of aromatic hydroxyl groups is 1. The first-order valence-corrected chi connectivity index (χ1v) is 2.92. The fourth-order valence-electron chi connectivity index (χ4n) is 0.636. The Labute approximate surface area is 59.1 Å². The van der Waals surface area contributed by atoms with Crippen LogP contribution in [-0.2, 0) is 0 Å². The topological polar surface area (TPSA) is 37.3 Å². The summed E-state index contributed by atoms with van der Waals surface area (Å²) in [7, 11) is 0. The predicted molar refractivity (Wildman–Crippen MR) is 36.9 cm³/mol. The van der Waals surface area contributed by atoms with Gasteiger partial charge in [0, 0.05) is 11.6 Å². The van der Waals surface area contributed by atoms with E-state index in [4.69, 9.17) is 5.11 Å². The van der Waals surface area contributed by atoms with Gasteiger partial charge in [-0.1, -0.05) is 0 Å². The van der Waals surface area contributed by atoms with Gasteiger partial charge in [0.15, 0.2) is 5.78 Å². The third kappa shape index (κ3) is 1.35. The molecule has 1 aromatic rings. The minimum Gasteiger partial charge on any atom is -0.507 e. The first kappa shape index (κ1) is 6.81. The lowest BCUT2D eigenvalue weighted by Gasteiger charge is -1.92. The lowest BCUT2D eigenvalue weighted by Crippen LogP contribution is -1.89. The van der Waals surface area contributed by atoms with Gasteiger partial charge in [-0.15, -0.1) is 0 Å². The van der Waals surface area contributed by atoms with Gasteiger partial charge < -0.3 is 5.11 Å². The van der Waals surface area contributed by atoms with E-state index in [0.29, 0.717) is 5.56 Å². The molecule has 0 aliphatic carbocycles. The van der Waals surface area contributed by atoms with E-state index in [9.17, 15) is 4.79 Å². The van der Waals surface area contributed by atoms with Crippen LogP contribution in [0, 0.1) is 6.07 Å². The maximum absolute atomic E-state index is 10.7. The molecule has 0 amide bonds. The molecule has 0 bridgehead atoms. The molecule has 0 atom stereocenters. The van der Waals surface area contributed by atoms with Crippen molar-refractivity contribution in [1.82, 2.24) is 0 Å². The van der Waals surface area contributed by atoms with Crippen molar-refractivity contribution >= 4 is 5.78 Å². The Kier molecular flexibility index (Phi) is 1.71. The summed E-state index contributed by atoms with van der Waals surface area (Å²) in [4.78, 5) is 10.7. The summed E-state index contributed by atoms with van der Waals surface area (Å²) >= 11 is 0. The molecule has 1 rings (SSSR count). The normalized spacial score (nSPS) is 9.30. The summed E-state index contributed by atoms with van der Waals surface area (Å²) in [6.07, 6.45) is 0. The van der Waals surface area contributed by atoms with Crippen LogP contribution >= 0.6 is 0 Å². The highest BCUT2D eigenvalue weighted by atomic mass is 16.3. The second kappa shape index (κ2) is 2.52. The minimum absolute atomic E-state index is 0.0174. The number of carbonyl (C=O) groups excluding carboxylic acids is 1. The molecule has 0 spiro atoms. The van der Waals surface area contributed by atoms with Crippen LogP contribution in [0.4, 0.5) is 0 Å². The van der Waals surface area contributed by atoms with Crippen LogP contribution < -0.4 is 0 Å². The van der Waals surface area contributed by atoms with Gasteiger partial charge >= 0.3 is 0 Å². The second-order valence-corrected chi connectivity index (χ2v) is 2.02. The number of Topliss-reactive ketones (excluding diaryl/α,β-unsaturated/α-hetero) is 1. The highest BCUT2D eigenvalue weighted by Gasteiger charge is 1.96. The number of benzene rings is 1. The van der Waals surface area contributed by atoms with Crippen molar-refractivity contribution in [2.24, 2.45) is 0 Å². The zero-order chi connectivity index (χ0) is 7.56. The molecule has 0 fully saturated rings. The van der Waals surface area contributed by atoms with Gasteiger partial charge in [0.25, 0.3) is 0 Å². The van der Waals surface area contributed by atoms with Crippen LogP contribution in [0.3, 0.4) is 0 Å². The van der Waals surface area contributed by atoms with E-state index in [1.165, 1.54) is 19.1 Å². The summed E-state index contributed by atoms with van der Waals surface area (Å²) in [5.41, 5.74) is 0.567. The molecule has 1 aromatic carbocycles. The molecule has 0 aliphatic rings. The number of phenolic OH excluding ortho intramolecular Hbond substituents is 1. The smallest absolute Gasteiger partial charge is 0.159 e. The second-order valence-electron chi connectivity index (χ2n) is 2.02. The minimum atomic E-state index is -0.0174. The molecule has 0 aliphatic heterocycles. The summed E-state index contributed by atoms with van der Waals surface area (Å²) in [5.74, 6) is 0.0428. The fourth-order valence-corrected chi connectivity index (χ4v) is 0.636. The molecular formula is C8H7O2. The monoisotopic (exact) mass is 135 g/mol. The Bertz CT molecular complexity index is 236. The summed E-state index contributed by atoms with van der Waals surface area (Å²) in [5, 5.41) is 8.77. The van der Waals surface area contributed by atoms with Crippen molar-refractivity contribution in [3.8, 4) is 5.75 Å². The molecule has 1 N–H and O–H groups in total. The van der Waals surface area contributed by atoms with E-state index >= 15 is 0 Å². The molecular weight excluding hydrogens is 128 g/mol. The zero-order valence-corrected chi connectivity index (χ0v) is 5.59. The Morgan fingerprint density at radius 3 is 2.70 bits per heavy atom. The number of hydrogen-bond donors (Lipinski definition) is 1. The van der Waals surface area contributed by atoms with Crippen molar-refractivity contribution in [3.63, 3.8) is 0 Å². The molecule has 10 heavy (non-hydrogen) atoms. The van der Waals surface area contributed by atoms with Crippen LogP contribution in [0.5, 0.6) is 5.75 Å². The number of carbonyl (C=O) groups is 1. The van der Waals surface area contributed by atoms with Gasteiger partial charge in [0.1, 0.15) is 5.75 Å². The highest BCUT2D eigenvalue weighted by molar-refractivity contribution is 5.94. The third-order valence-electron chi connectivity index (χ3n) is 1.20. The van der Waals surface area contributed by atoms with E-state index in [0.717, 1.165) is 0 Å². The number of phenols is 1. The van der Waals surface area contributed by atoms with Crippen molar-refractivity contribution < 1.29 is 9.90 Å². The van der Waals surface area contributed by atoms with Crippen molar-refractivity contribution in [2.45, 2.75) is 6.92 Å². The first-order chi connectivity index (χ1) is 4.70. The first-order valence-electron chi connectivity index (χ1n) is 2.92. The zero-order valence-electron chi connectivity index (χ0n) is 5.59. The van der Waals surface area contributed by atoms with E-state index in [1.54, 1.807) is 6.07 Å². The Morgan fingerprint density at radius 2 is 2.30 bits per heavy atom. The van der Waals surface area contributed by atoms with E-state index < -0.39 is 0 Å². The van der Waals surface area contributed by atoms with Crippen LogP contribution in [0.15, 0.2) is 18.2 Å². The van der Waals surface area contributed by atoms with Crippen molar-refractivity contribution in [1.29, 1.82) is 0 Å². The standard InChI is InChI=1S/C8H7O2/c1-6(9)7-2-4-8(10)5-3-7/h2-4,10H,1H3. The van der Waals surface area contributed by atoms with Gasteiger partial charge in [-0.25, -0.2) is 0 Å². The van der Waals surface area contributed by atoms with E-state index in [1.807, 2.05) is 0 Å². The van der Waals surface area contributed by atoms with Crippen molar-refractivity contribution in [3.05, 3.63) is 29.8 Å². The van der Waals surface area contributed by atoms with Crippen LogP contribution in [0.1, 0.15) is 17.3 Å². The van der Waals surface area contributed by atoms with Crippen LogP contribution in [0.25, 0.3) is 0 Å². The fraction of sp³-hybridized carbons (Fsp3) is 0.125. The molecule has 0 saturated heterocycles.